The van der Waals surface area contributed by atoms with Gasteiger partial charge in [0.25, 0.3) is 0 Å². The van der Waals surface area contributed by atoms with E-state index in [0.29, 0.717) is 22.5 Å². The molecule has 0 aliphatic heterocycles. The van der Waals surface area contributed by atoms with Gasteiger partial charge in [-0.25, -0.2) is 0 Å². The minimum absolute atomic E-state index is 0. The number of rotatable bonds is 0. The van der Waals surface area contributed by atoms with Crippen LogP contribution < -0.4 is 0 Å². The third-order valence-electron chi connectivity index (χ3n) is 0. The standard InChI is InChI=1S/2In.2O.Sn.2Zn.6H. The Balaban J connectivity index is -0.00000000267. The minimum Gasteiger partial charge on any atom is 0 e. The van der Waals surface area contributed by atoms with Crippen LogP contribution in [0, 0.1) is 0 Å². The van der Waals surface area contributed by atoms with Gasteiger partial charge in [0.2, 0.25) is 0 Å². The van der Waals surface area contributed by atoms with Gasteiger partial charge in [-0.3, -0.25) is 0 Å². The Bertz CT molecular complexity index is 15.7. The fourth-order valence-corrected chi connectivity index (χ4v) is 0. The molecule has 0 saturated heterocycles. The van der Waals surface area contributed by atoms with Gasteiger partial charge in [-0.15, -0.1) is 0 Å². The quantitative estimate of drug-likeness (QED) is 0.322. The number of hydrogen-bond acceptors (Lipinski definition) is 2. The van der Waals surface area contributed by atoms with Gasteiger partial charge < -0.3 is 0 Å². The summed E-state index contributed by atoms with van der Waals surface area (Å²) in [5, 5.41) is 0. The third-order valence-corrected chi connectivity index (χ3v) is 0. The normalized spacial score (nSPS) is 1.43. The van der Waals surface area contributed by atoms with E-state index in [0.717, 1.165) is 0 Å². The van der Waals surface area contributed by atoms with Crippen molar-refractivity contribution in [1.29, 1.82) is 0 Å². The predicted molar refractivity (Wildman–Crippen MR) is 27.0 cm³/mol. The molecule has 0 rings (SSSR count). The Morgan fingerprint density at radius 3 is 1.00 bits per heavy atom. The molecule has 0 heterocycles. The zero-order chi connectivity index (χ0) is 4.00. The summed E-state index contributed by atoms with van der Waals surface area (Å²) in [6, 6.07) is 0. The molecule has 0 aliphatic carbocycles. The van der Waals surface area contributed by atoms with E-state index >= 15 is 0 Å². The van der Waals surface area contributed by atoms with E-state index in [1.54, 1.807) is 0 Å². The first kappa shape index (κ1) is 31.5. The van der Waals surface area contributed by atoms with E-state index in [1.165, 1.54) is 0 Å². The maximum atomic E-state index is 8.38. The molecule has 0 saturated carbocycles. The SMILES string of the molecule is [InH3].[InH3].[O]=[Sn].[O]=[Zn].[Zn]. The molecule has 2 radical (unpaired) electrons. The van der Waals surface area contributed by atoms with E-state index in [2.05, 4.69) is 0 Å². The molecule has 7 heavy (non-hydrogen) atoms. The van der Waals surface area contributed by atoms with Crippen molar-refractivity contribution in [2.24, 2.45) is 0 Å². The van der Waals surface area contributed by atoms with Crippen LogP contribution in [0.1, 0.15) is 0 Å². The van der Waals surface area contributed by atoms with Crippen LogP contribution >= 0.6 is 0 Å². The zero-order valence-corrected chi connectivity index (χ0v) is 11.5. The molecule has 0 aromatic heterocycles. The average molecular weight is 517 g/mol. The molecule has 0 unspecified atom stereocenters. The van der Waals surface area contributed by atoms with E-state index in [9.17, 15) is 0 Å². The van der Waals surface area contributed by atoms with Crippen LogP contribution in [0.25, 0.3) is 0 Å². The van der Waals surface area contributed by atoms with Crippen molar-refractivity contribution in [1.82, 2.24) is 0 Å². The zero-order valence-electron chi connectivity index (χ0n) is 2.73. The molecule has 0 aliphatic rings. The molecular weight excluding hydrogens is 511 g/mol. The molecule has 32 valence electrons. The molecule has 0 spiro atoms. The van der Waals surface area contributed by atoms with Crippen LogP contribution in [0.4, 0.5) is 0 Å². The molecule has 0 N–H and O–H groups in total. The summed E-state index contributed by atoms with van der Waals surface area (Å²) in [4.78, 5) is 0. The summed E-state index contributed by atoms with van der Waals surface area (Å²) in [6.07, 6.45) is 0. The summed E-state index contributed by atoms with van der Waals surface area (Å²) in [6.45, 7) is 0. The van der Waals surface area contributed by atoms with Crippen molar-refractivity contribution in [2.75, 3.05) is 0 Å². The van der Waals surface area contributed by atoms with Crippen LogP contribution in [0.3, 0.4) is 0 Å². The van der Waals surface area contributed by atoms with Crippen LogP contribution in [-0.2, 0) is 44.4 Å². The molecule has 0 aromatic rings. The van der Waals surface area contributed by atoms with E-state index in [1.807, 2.05) is 0 Å². The van der Waals surface area contributed by atoms with Crippen molar-refractivity contribution in [2.45, 2.75) is 0 Å². The van der Waals surface area contributed by atoms with Gasteiger partial charge in [-0.1, -0.05) is 0 Å². The first-order valence-corrected chi connectivity index (χ1v) is 2.87. The largest absolute Gasteiger partial charge is 0 e. The Morgan fingerprint density at radius 1 is 1.00 bits per heavy atom. The summed E-state index contributed by atoms with van der Waals surface area (Å²) >= 11 is 0.425. The summed E-state index contributed by atoms with van der Waals surface area (Å²) in [5.74, 6) is 0. The maximum Gasteiger partial charge on any atom is 0 e. The number of hydrogen-bond donors (Lipinski definition) is 0. The Kier molecular flexibility index (Phi) is 259. The molecule has 0 amide bonds. The first-order valence-electron chi connectivity index (χ1n) is 0.493. The second-order valence-electron chi connectivity index (χ2n) is 0. The Morgan fingerprint density at radius 2 is 1.00 bits per heavy atom. The van der Waals surface area contributed by atoms with Crippen molar-refractivity contribution < 1.29 is 44.4 Å². The average Bonchev–Trinajstić information content (AvgIpc) is 1.50. The topological polar surface area (TPSA) is 34.1 Å². The van der Waals surface area contributed by atoms with Crippen molar-refractivity contribution >= 4 is 74.2 Å². The predicted octanol–water partition coefficient (Wildman–Crippen LogP) is -2.99. The Hall–Kier alpha value is 3.39. The second-order valence-corrected chi connectivity index (χ2v) is 0. The van der Waals surface area contributed by atoms with Crippen molar-refractivity contribution in [3.8, 4) is 0 Å². The molecule has 0 atom stereocenters. The van der Waals surface area contributed by atoms with Crippen LogP contribution in [0.15, 0.2) is 0 Å². The summed E-state index contributed by atoms with van der Waals surface area (Å²) in [7, 11) is 0. The van der Waals surface area contributed by atoms with Gasteiger partial charge in [0.15, 0.2) is 0 Å². The monoisotopic (exact) mass is 516 g/mol. The first-order chi connectivity index (χ1) is 2.00. The van der Waals surface area contributed by atoms with Gasteiger partial charge >= 0.3 is 99.1 Å². The van der Waals surface area contributed by atoms with Gasteiger partial charge in [0, 0.05) is 19.5 Å². The molecule has 0 bridgehead atoms. The van der Waals surface area contributed by atoms with Gasteiger partial charge in [0.05, 0.1) is 0 Å². The smallest absolute Gasteiger partial charge is 0 e. The molecule has 0 aromatic carbocycles. The van der Waals surface area contributed by atoms with E-state index < -0.39 is 0 Å². The third kappa shape index (κ3) is 44.7. The molecular formula is H6In2O2SnZn2. The second kappa shape index (κ2) is 57.6. The van der Waals surface area contributed by atoms with Crippen molar-refractivity contribution in [3.05, 3.63) is 0 Å². The Labute approximate surface area is 116 Å². The molecule has 0 fully saturated rings. The fourth-order valence-electron chi connectivity index (χ4n) is 0. The fraction of sp³-hybridized carbons (Fsp3) is 0. The maximum absolute atomic E-state index is 8.38. The van der Waals surface area contributed by atoms with Crippen LogP contribution in [0.2, 0.25) is 0 Å². The minimum atomic E-state index is 0. The molecule has 7 heteroatoms. The summed E-state index contributed by atoms with van der Waals surface area (Å²) in [5.41, 5.74) is 0. The van der Waals surface area contributed by atoms with Crippen LogP contribution in [-0.4, -0.2) is 74.2 Å². The molecule has 2 nitrogen and oxygen atoms in total. The van der Waals surface area contributed by atoms with Gasteiger partial charge in [-0.2, -0.15) is 0 Å². The van der Waals surface area contributed by atoms with E-state index in [-0.39, 0.29) is 89.4 Å². The van der Waals surface area contributed by atoms with Crippen molar-refractivity contribution in [3.63, 3.8) is 0 Å². The van der Waals surface area contributed by atoms with E-state index in [4.69, 9.17) is 6.65 Å². The van der Waals surface area contributed by atoms with Crippen LogP contribution in [0.5, 0.6) is 0 Å². The summed E-state index contributed by atoms with van der Waals surface area (Å²) < 4.78 is 16.7. The van der Waals surface area contributed by atoms with Gasteiger partial charge in [-0.05, 0) is 0 Å². The van der Waals surface area contributed by atoms with Gasteiger partial charge in [0.1, 0.15) is 0 Å².